The van der Waals surface area contributed by atoms with Gasteiger partial charge < -0.3 is 14.8 Å². The van der Waals surface area contributed by atoms with E-state index in [0.29, 0.717) is 12.0 Å². The van der Waals surface area contributed by atoms with Crippen molar-refractivity contribution in [2.24, 2.45) is 5.92 Å². The quantitative estimate of drug-likeness (QED) is 0.825. The molecule has 3 nitrogen and oxygen atoms in total. The van der Waals surface area contributed by atoms with Gasteiger partial charge in [-0.2, -0.15) is 0 Å². The summed E-state index contributed by atoms with van der Waals surface area (Å²) in [5.74, 6) is 2.38. The smallest absolute Gasteiger partial charge is 0.123 e. The summed E-state index contributed by atoms with van der Waals surface area (Å²) in [6.07, 6.45) is 0.336. The molecule has 1 N–H and O–H groups in total. The Kier molecular flexibility index (Phi) is 3.67. The molecule has 1 aromatic carbocycles. The van der Waals surface area contributed by atoms with E-state index in [1.807, 2.05) is 24.3 Å². The van der Waals surface area contributed by atoms with E-state index in [9.17, 15) is 0 Å². The average molecular weight is 221 g/mol. The van der Waals surface area contributed by atoms with E-state index in [-0.39, 0.29) is 0 Å². The highest BCUT2D eigenvalue weighted by atomic mass is 16.5. The van der Waals surface area contributed by atoms with Crippen molar-refractivity contribution in [1.29, 1.82) is 0 Å². The Morgan fingerprint density at radius 2 is 1.81 bits per heavy atom. The summed E-state index contributed by atoms with van der Waals surface area (Å²) in [5.41, 5.74) is 0. The highest BCUT2D eigenvalue weighted by Gasteiger charge is 2.17. The normalized spacial score (nSPS) is 15.9. The van der Waals surface area contributed by atoms with Gasteiger partial charge in [0.25, 0.3) is 0 Å². The zero-order chi connectivity index (χ0) is 11.4. The number of rotatable bonds is 5. The fourth-order valence-corrected chi connectivity index (χ4v) is 1.42. The standard InChI is InChI=1S/C13H19NO2/c1-10(2)9-15-11-3-5-12(6-4-11)16-13-7-14-8-13/h3-6,10,13-14H,7-9H2,1-2H3. The Bertz CT molecular complexity index is 317. The first-order valence-electron chi connectivity index (χ1n) is 5.84. The van der Waals surface area contributed by atoms with Crippen LogP contribution in [0, 0.1) is 5.92 Å². The van der Waals surface area contributed by atoms with E-state index >= 15 is 0 Å². The Morgan fingerprint density at radius 3 is 2.31 bits per heavy atom. The van der Waals surface area contributed by atoms with Crippen molar-refractivity contribution >= 4 is 0 Å². The lowest BCUT2D eigenvalue weighted by atomic mass is 10.2. The Balaban J connectivity index is 1.83. The van der Waals surface area contributed by atoms with Crippen LogP contribution in [0.2, 0.25) is 0 Å². The molecule has 0 unspecified atom stereocenters. The molecule has 0 bridgehead atoms. The predicted molar refractivity (Wildman–Crippen MR) is 64.1 cm³/mol. The third kappa shape index (κ3) is 3.14. The minimum absolute atomic E-state index is 0.336. The number of ether oxygens (including phenoxy) is 2. The van der Waals surface area contributed by atoms with Gasteiger partial charge in [0.15, 0.2) is 0 Å². The van der Waals surface area contributed by atoms with E-state index in [0.717, 1.165) is 31.2 Å². The molecule has 88 valence electrons. The maximum absolute atomic E-state index is 5.71. The molecule has 1 aliphatic rings. The van der Waals surface area contributed by atoms with Crippen LogP contribution in [-0.4, -0.2) is 25.8 Å². The zero-order valence-corrected chi connectivity index (χ0v) is 9.90. The van der Waals surface area contributed by atoms with Gasteiger partial charge in [0.1, 0.15) is 17.6 Å². The van der Waals surface area contributed by atoms with Gasteiger partial charge in [0.05, 0.1) is 6.61 Å². The predicted octanol–water partition coefficient (Wildman–Crippen LogP) is 2.07. The van der Waals surface area contributed by atoms with E-state index in [2.05, 4.69) is 19.2 Å². The highest BCUT2D eigenvalue weighted by Crippen LogP contribution is 2.19. The van der Waals surface area contributed by atoms with Crippen molar-refractivity contribution in [1.82, 2.24) is 5.32 Å². The SMILES string of the molecule is CC(C)COc1ccc(OC2CNC2)cc1. The molecular formula is C13H19NO2. The lowest BCUT2D eigenvalue weighted by Gasteiger charge is -2.27. The fraction of sp³-hybridized carbons (Fsp3) is 0.538. The highest BCUT2D eigenvalue weighted by molar-refractivity contribution is 5.31. The van der Waals surface area contributed by atoms with Crippen molar-refractivity contribution in [3.8, 4) is 11.5 Å². The average Bonchev–Trinajstić information content (AvgIpc) is 2.22. The molecular weight excluding hydrogens is 202 g/mol. The lowest BCUT2D eigenvalue weighted by molar-refractivity contribution is 0.142. The largest absolute Gasteiger partial charge is 0.493 e. The van der Waals surface area contributed by atoms with Crippen LogP contribution in [0.4, 0.5) is 0 Å². The van der Waals surface area contributed by atoms with Crippen molar-refractivity contribution in [3.05, 3.63) is 24.3 Å². The Hall–Kier alpha value is -1.22. The van der Waals surface area contributed by atoms with Crippen molar-refractivity contribution in [2.45, 2.75) is 20.0 Å². The van der Waals surface area contributed by atoms with Crippen LogP contribution in [0.15, 0.2) is 24.3 Å². The third-order valence-electron chi connectivity index (χ3n) is 2.45. The van der Waals surface area contributed by atoms with Gasteiger partial charge >= 0.3 is 0 Å². The van der Waals surface area contributed by atoms with Crippen LogP contribution < -0.4 is 14.8 Å². The molecule has 0 aliphatic carbocycles. The van der Waals surface area contributed by atoms with Crippen LogP contribution >= 0.6 is 0 Å². The molecule has 1 aromatic rings. The minimum Gasteiger partial charge on any atom is -0.493 e. The molecule has 0 radical (unpaired) electrons. The van der Waals surface area contributed by atoms with E-state index in [1.165, 1.54) is 0 Å². The Labute approximate surface area is 96.8 Å². The summed E-state index contributed by atoms with van der Waals surface area (Å²) in [6, 6.07) is 7.86. The molecule has 0 atom stereocenters. The molecule has 2 rings (SSSR count). The summed E-state index contributed by atoms with van der Waals surface area (Å²) < 4.78 is 11.3. The molecule has 1 saturated heterocycles. The lowest BCUT2D eigenvalue weighted by Crippen LogP contribution is -2.50. The second kappa shape index (κ2) is 5.21. The summed E-state index contributed by atoms with van der Waals surface area (Å²) in [7, 11) is 0. The second-order valence-electron chi connectivity index (χ2n) is 4.57. The first kappa shape index (κ1) is 11.3. The van der Waals surface area contributed by atoms with Gasteiger partial charge in [-0.05, 0) is 30.2 Å². The van der Waals surface area contributed by atoms with Gasteiger partial charge in [0.2, 0.25) is 0 Å². The molecule has 0 aromatic heterocycles. The maximum atomic E-state index is 5.71. The summed E-state index contributed by atoms with van der Waals surface area (Å²) >= 11 is 0. The number of hydrogen-bond acceptors (Lipinski definition) is 3. The summed E-state index contributed by atoms with van der Waals surface area (Å²) in [5, 5.41) is 3.18. The monoisotopic (exact) mass is 221 g/mol. The number of nitrogens with one attached hydrogen (secondary N) is 1. The molecule has 1 heterocycles. The van der Waals surface area contributed by atoms with Gasteiger partial charge in [-0.1, -0.05) is 13.8 Å². The summed E-state index contributed by atoms with van der Waals surface area (Å²) in [6.45, 7) is 6.94. The van der Waals surface area contributed by atoms with Gasteiger partial charge in [0, 0.05) is 13.1 Å². The molecule has 1 aliphatic heterocycles. The minimum atomic E-state index is 0.336. The van der Waals surface area contributed by atoms with Crippen molar-refractivity contribution in [2.75, 3.05) is 19.7 Å². The zero-order valence-electron chi connectivity index (χ0n) is 9.90. The molecule has 0 saturated carbocycles. The topological polar surface area (TPSA) is 30.5 Å². The van der Waals surface area contributed by atoms with Crippen LogP contribution in [0.1, 0.15) is 13.8 Å². The fourth-order valence-electron chi connectivity index (χ4n) is 1.42. The van der Waals surface area contributed by atoms with E-state index < -0.39 is 0 Å². The van der Waals surface area contributed by atoms with Crippen LogP contribution in [0.25, 0.3) is 0 Å². The first-order chi connectivity index (χ1) is 7.74. The number of benzene rings is 1. The van der Waals surface area contributed by atoms with Gasteiger partial charge in [-0.3, -0.25) is 0 Å². The molecule has 3 heteroatoms. The summed E-state index contributed by atoms with van der Waals surface area (Å²) in [4.78, 5) is 0. The molecule has 16 heavy (non-hydrogen) atoms. The third-order valence-corrected chi connectivity index (χ3v) is 2.45. The van der Waals surface area contributed by atoms with E-state index in [4.69, 9.17) is 9.47 Å². The van der Waals surface area contributed by atoms with Crippen LogP contribution in [0.5, 0.6) is 11.5 Å². The molecule has 1 fully saturated rings. The van der Waals surface area contributed by atoms with Gasteiger partial charge in [-0.15, -0.1) is 0 Å². The Morgan fingerprint density at radius 1 is 1.19 bits per heavy atom. The van der Waals surface area contributed by atoms with Gasteiger partial charge in [-0.25, -0.2) is 0 Å². The first-order valence-corrected chi connectivity index (χ1v) is 5.84. The van der Waals surface area contributed by atoms with Crippen molar-refractivity contribution in [3.63, 3.8) is 0 Å². The van der Waals surface area contributed by atoms with Crippen LogP contribution in [-0.2, 0) is 0 Å². The molecule has 0 amide bonds. The second-order valence-corrected chi connectivity index (χ2v) is 4.57. The van der Waals surface area contributed by atoms with E-state index in [1.54, 1.807) is 0 Å². The molecule has 0 spiro atoms. The van der Waals surface area contributed by atoms with Crippen LogP contribution in [0.3, 0.4) is 0 Å². The van der Waals surface area contributed by atoms with Crippen molar-refractivity contribution < 1.29 is 9.47 Å². The maximum Gasteiger partial charge on any atom is 0.123 e. The number of hydrogen-bond donors (Lipinski definition) is 1.